The lowest BCUT2D eigenvalue weighted by Crippen LogP contribution is -2.58. The monoisotopic (exact) mass is 654 g/mol. The zero-order valence-corrected chi connectivity index (χ0v) is 30.4. The van der Waals surface area contributed by atoms with Crippen molar-refractivity contribution >= 4 is 30.7 Å². The first kappa shape index (κ1) is 35.6. The van der Waals surface area contributed by atoms with Crippen molar-refractivity contribution in [2.24, 2.45) is 0 Å². The summed E-state index contributed by atoms with van der Waals surface area (Å²) in [4.78, 5) is 3.85. The molecule has 2 aliphatic heterocycles. The summed E-state index contributed by atoms with van der Waals surface area (Å²) in [6, 6.07) is 14.6. The van der Waals surface area contributed by atoms with E-state index < -0.39 is 37.1 Å². The summed E-state index contributed by atoms with van der Waals surface area (Å²) in [6.45, 7) is 23.9. The molecule has 0 atom stereocenters. The molecule has 5 rings (SSSR count). The van der Waals surface area contributed by atoms with Crippen LogP contribution < -0.4 is 15.7 Å². The second kappa shape index (κ2) is 12.6. The SMILES string of the molecule is Cc1cc(C)c(B(c2c(C)cc(C)cc2C)N2C=CC(C(F)(F)F)=C/C2=C\N(B2OC(C)(C)C(C)(C)O2)c2c(C)cccc2C)c(C)c1. The van der Waals surface area contributed by atoms with E-state index in [2.05, 4.69) is 65.8 Å². The molecular formula is C39H47B2F3N2O2. The molecule has 0 bridgehead atoms. The molecule has 9 heteroatoms. The van der Waals surface area contributed by atoms with Gasteiger partial charge in [-0.2, -0.15) is 13.2 Å². The quantitative estimate of drug-likeness (QED) is 0.249. The standard InChI is InChI=1S/C39H47B2F3N2O2/c1-24-18-28(5)34(29(6)19-24)40(35-30(7)20-25(2)21-31(35)8)45-17-16-32(39(42,43)44)22-33(45)23-46(36-26(3)14-13-15-27(36)4)41-47-37(9,10)38(11,12)48-41/h13-23H,1-12H3/b33-23+. The highest BCUT2D eigenvalue weighted by atomic mass is 19.4. The predicted molar refractivity (Wildman–Crippen MR) is 194 cm³/mol. The van der Waals surface area contributed by atoms with Crippen LogP contribution in [0.25, 0.3) is 0 Å². The highest BCUT2D eigenvalue weighted by Gasteiger charge is 2.54. The fourth-order valence-electron chi connectivity index (χ4n) is 7.22. The number of hydrogen-bond donors (Lipinski definition) is 0. The highest BCUT2D eigenvalue weighted by Crippen LogP contribution is 2.41. The Kier molecular flexibility index (Phi) is 9.39. The first-order chi connectivity index (χ1) is 22.2. The zero-order valence-electron chi connectivity index (χ0n) is 30.4. The Morgan fingerprint density at radius 3 is 1.58 bits per heavy atom. The van der Waals surface area contributed by atoms with Gasteiger partial charge in [-0.15, -0.1) is 0 Å². The summed E-state index contributed by atoms with van der Waals surface area (Å²) in [6.07, 6.45) is 1.24. The molecule has 1 fully saturated rings. The van der Waals surface area contributed by atoms with Crippen LogP contribution in [0.3, 0.4) is 0 Å². The Balaban J connectivity index is 1.83. The van der Waals surface area contributed by atoms with Gasteiger partial charge < -0.3 is 18.9 Å². The van der Waals surface area contributed by atoms with Crippen molar-refractivity contribution in [3.63, 3.8) is 0 Å². The molecule has 3 aromatic rings. The smallest absolute Gasteiger partial charge is 0.384 e. The van der Waals surface area contributed by atoms with Crippen molar-refractivity contribution in [1.82, 2.24) is 4.81 Å². The minimum Gasteiger partial charge on any atom is -0.384 e. The van der Waals surface area contributed by atoms with E-state index in [9.17, 15) is 13.2 Å². The third kappa shape index (κ3) is 6.64. The lowest BCUT2D eigenvalue weighted by atomic mass is 9.45. The van der Waals surface area contributed by atoms with E-state index in [0.717, 1.165) is 61.1 Å². The number of anilines is 1. The van der Waals surface area contributed by atoms with Gasteiger partial charge >= 0.3 is 20.3 Å². The van der Waals surface area contributed by atoms with E-state index in [1.807, 2.05) is 69.4 Å². The minimum atomic E-state index is -4.55. The Morgan fingerprint density at radius 1 is 0.729 bits per heavy atom. The van der Waals surface area contributed by atoms with E-state index in [0.29, 0.717) is 5.70 Å². The van der Waals surface area contributed by atoms with E-state index in [-0.39, 0.29) is 0 Å². The van der Waals surface area contributed by atoms with Crippen molar-refractivity contribution in [3.05, 3.63) is 123 Å². The molecule has 3 aromatic carbocycles. The molecule has 0 N–H and O–H groups in total. The van der Waals surface area contributed by atoms with Crippen LogP contribution in [0.2, 0.25) is 0 Å². The highest BCUT2D eigenvalue weighted by molar-refractivity contribution is 6.84. The van der Waals surface area contributed by atoms with Crippen LogP contribution in [0.1, 0.15) is 72.2 Å². The molecule has 0 spiro atoms. The number of allylic oxidation sites excluding steroid dienone is 3. The van der Waals surface area contributed by atoms with E-state index >= 15 is 0 Å². The Morgan fingerprint density at radius 2 is 1.17 bits per heavy atom. The molecule has 0 saturated carbocycles. The summed E-state index contributed by atoms with van der Waals surface area (Å²) in [5.74, 6) is 0. The predicted octanol–water partition coefficient (Wildman–Crippen LogP) is 8.51. The molecule has 0 unspecified atom stereocenters. The number of nitrogens with zero attached hydrogens (tertiary/aromatic N) is 2. The lowest BCUT2D eigenvalue weighted by molar-refractivity contribution is -0.0885. The molecule has 2 aliphatic rings. The Bertz CT molecular complexity index is 1700. The lowest BCUT2D eigenvalue weighted by Gasteiger charge is -2.37. The van der Waals surface area contributed by atoms with Crippen molar-refractivity contribution in [3.8, 4) is 0 Å². The van der Waals surface area contributed by atoms with Crippen LogP contribution in [0.15, 0.2) is 78.3 Å². The van der Waals surface area contributed by atoms with Gasteiger partial charge in [-0.1, -0.05) is 75.8 Å². The maximum Gasteiger partial charge on any atom is 0.598 e. The van der Waals surface area contributed by atoms with Crippen molar-refractivity contribution in [1.29, 1.82) is 0 Å². The molecule has 0 aliphatic carbocycles. The number of para-hydroxylation sites is 1. The average Bonchev–Trinajstić information content (AvgIpc) is 3.16. The van der Waals surface area contributed by atoms with Gasteiger partial charge in [0.2, 0.25) is 0 Å². The molecule has 4 nitrogen and oxygen atoms in total. The second-order valence-corrected chi connectivity index (χ2v) is 14.6. The van der Waals surface area contributed by atoms with Crippen molar-refractivity contribution < 1.29 is 22.5 Å². The summed E-state index contributed by atoms with van der Waals surface area (Å²) in [5.41, 5.74) is 9.72. The van der Waals surface area contributed by atoms with Crippen LogP contribution in [0.5, 0.6) is 0 Å². The molecule has 0 aromatic heterocycles. The van der Waals surface area contributed by atoms with E-state index in [4.69, 9.17) is 9.31 Å². The van der Waals surface area contributed by atoms with Gasteiger partial charge in [0, 0.05) is 17.6 Å². The van der Waals surface area contributed by atoms with Gasteiger partial charge in [0.05, 0.1) is 16.8 Å². The molecule has 2 heterocycles. The molecule has 1 saturated heterocycles. The fraction of sp³-hybridized carbons (Fsp3) is 0.385. The van der Waals surface area contributed by atoms with Crippen LogP contribution in [-0.2, 0) is 9.31 Å². The molecule has 48 heavy (non-hydrogen) atoms. The third-order valence-corrected chi connectivity index (χ3v) is 10.1. The van der Waals surface area contributed by atoms with Crippen molar-refractivity contribution in [2.45, 2.75) is 100 Å². The summed E-state index contributed by atoms with van der Waals surface area (Å²) >= 11 is 0. The van der Waals surface area contributed by atoms with Crippen LogP contribution in [0, 0.1) is 55.4 Å². The average molecular weight is 654 g/mol. The normalized spacial score (nSPS) is 18.1. The molecule has 252 valence electrons. The molecular weight excluding hydrogens is 607 g/mol. The summed E-state index contributed by atoms with van der Waals surface area (Å²) in [7, 11) is -0.887. The number of rotatable bonds is 6. The van der Waals surface area contributed by atoms with Gasteiger partial charge in [-0.25, -0.2) is 0 Å². The topological polar surface area (TPSA) is 24.9 Å². The van der Waals surface area contributed by atoms with Gasteiger partial charge in [0.25, 0.3) is 0 Å². The second-order valence-electron chi connectivity index (χ2n) is 14.6. The van der Waals surface area contributed by atoms with Gasteiger partial charge in [-0.05, 0) is 123 Å². The summed E-state index contributed by atoms with van der Waals surface area (Å²) < 4.78 is 56.6. The first-order valence-electron chi connectivity index (χ1n) is 16.5. The number of alkyl halides is 3. The number of aryl methyl sites for hydroxylation is 8. The van der Waals surface area contributed by atoms with Crippen LogP contribution in [0.4, 0.5) is 18.9 Å². The maximum absolute atomic E-state index is 14.5. The van der Waals surface area contributed by atoms with Gasteiger partial charge in [0.1, 0.15) is 0 Å². The first-order valence-corrected chi connectivity index (χ1v) is 16.5. The van der Waals surface area contributed by atoms with Crippen molar-refractivity contribution in [2.75, 3.05) is 4.81 Å². The Hall–Kier alpha value is -3.68. The van der Waals surface area contributed by atoms with Crippen LogP contribution in [-0.4, -0.2) is 36.3 Å². The third-order valence-electron chi connectivity index (χ3n) is 10.1. The number of hydrogen-bond acceptors (Lipinski definition) is 4. The van der Waals surface area contributed by atoms with Gasteiger partial charge in [-0.3, -0.25) is 0 Å². The fourth-order valence-corrected chi connectivity index (χ4v) is 7.22. The van der Waals surface area contributed by atoms with E-state index in [1.165, 1.54) is 12.2 Å². The number of benzene rings is 3. The van der Waals surface area contributed by atoms with Crippen LogP contribution >= 0.6 is 0 Å². The summed E-state index contributed by atoms with van der Waals surface area (Å²) in [5, 5.41) is 0. The molecule has 0 amide bonds. The maximum atomic E-state index is 14.5. The largest absolute Gasteiger partial charge is 0.598 e. The number of halogens is 3. The Labute approximate surface area is 285 Å². The molecule has 0 radical (unpaired) electrons. The van der Waals surface area contributed by atoms with E-state index in [1.54, 1.807) is 12.4 Å². The van der Waals surface area contributed by atoms with Gasteiger partial charge in [0.15, 0.2) is 0 Å². The minimum absolute atomic E-state index is 0.367. The zero-order chi connectivity index (χ0) is 35.5.